The number of aromatic amines is 1. The summed E-state index contributed by atoms with van der Waals surface area (Å²) in [6.07, 6.45) is 5.76. The molecule has 10 nitrogen and oxygen atoms in total. The highest BCUT2D eigenvalue weighted by atomic mass is 16.7. The summed E-state index contributed by atoms with van der Waals surface area (Å²) in [5.41, 5.74) is 5.07. The predicted molar refractivity (Wildman–Crippen MR) is 155 cm³/mol. The molecule has 214 valence electrons. The fraction of sp³-hybridized carbons (Fsp3) is 0.484. The molecule has 41 heavy (non-hydrogen) atoms. The lowest BCUT2D eigenvalue weighted by Gasteiger charge is -2.39. The lowest BCUT2D eigenvalue weighted by atomic mass is 9.95. The number of pyridine rings is 1. The number of rotatable bonds is 6. The second-order valence-corrected chi connectivity index (χ2v) is 11.8. The molecule has 7 rings (SSSR count). The van der Waals surface area contributed by atoms with Crippen LogP contribution < -0.4 is 15.0 Å². The molecule has 0 bridgehead atoms. The smallest absolute Gasteiger partial charge is 0.253 e. The summed E-state index contributed by atoms with van der Waals surface area (Å²) < 4.78 is 13.1. The van der Waals surface area contributed by atoms with Crippen molar-refractivity contribution >= 4 is 10.9 Å². The average Bonchev–Trinajstić information content (AvgIpc) is 3.66. The number of aromatic nitrogens is 5. The molecule has 2 fully saturated rings. The summed E-state index contributed by atoms with van der Waals surface area (Å²) in [6, 6.07) is 12.4. The highest BCUT2D eigenvalue weighted by Crippen LogP contribution is 2.35. The van der Waals surface area contributed by atoms with Gasteiger partial charge in [0.25, 0.3) is 5.56 Å². The van der Waals surface area contributed by atoms with E-state index in [1.807, 2.05) is 10.7 Å². The lowest BCUT2D eigenvalue weighted by molar-refractivity contribution is 0.0982. The standard InChI is InChI=1S/C31H37N7O3/c1-20-14-23-17-25(31(39)32-26(23)15-21(20)2)29(30-33-34-35-38(30)24-6-4-3-5-7-24)37-12-10-36(11-13-37)18-22-8-9-27-28(16-22)41-19-40-27/h8-9,14-17,24,29H,3-7,10-13,18-19H2,1-2H3,(H,32,39). The summed E-state index contributed by atoms with van der Waals surface area (Å²) in [6.45, 7) is 8.66. The number of fused-ring (bicyclic) bond motifs is 2. The Morgan fingerprint density at radius 2 is 1.73 bits per heavy atom. The summed E-state index contributed by atoms with van der Waals surface area (Å²) in [5, 5.41) is 14.2. The van der Waals surface area contributed by atoms with Crippen molar-refractivity contribution in [1.29, 1.82) is 0 Å². The molecule has 1 saturated heterocycles. The highest BCUT2D eigenvalue weighted by molar-refractivity contribution is 5.81. The first kappa shape index (κ1) is 26.2. The first-order valence-corrected chi connectivity index (χ1v) is 14.8. The van der Waals surface area contributed by atoms with E-state index in [-0.39, 0.29) is 24.4 Å². The maximum absolute atomic E-state index is 13.7. The molecule has 4 heterocycles. The summed E-state index contributed by atoms with van der Waals surface area (Å²) >= 11 is 0. The van der Waals surface area contributed by atoms with Gasteiger partial charge in [0.2, 0.25) is 6.79 Å². The Kier molecular flexibility index (Phi) is 6.96. The number of H-pyrrole nitrogens is 1. The van der Waals surface area contributed by atoms with Crippen LogP contribution in [0.1, 0.15) is 72.3 Å². The zero-order valence-corrected chi connectivity index (χ0v) is 23.8. The van der Waals surface area contributed by atoms with Crippen molar-refractivity contribution in [3.63, 3.8) is 0 Å². The molecule has 0 radical (unpaired) electrons. The van der Waals surface area contributed by atoms with Crippen LogP contribution in [0.25, 0.3) is 10.9 Å². The Morgan fingerprint density at radius 3 is 2.56 bits per heavy atom. The quantitative estimate of drug-likeness (QED) is 0.376. The average molecular weight is 556 g/mol. The Hall–Kier alpha value is -3.76. The number of benzene rings is 2. The predicted octanol–water partition coefficient (Wildman–Crippen LogP) is 4.27. The van der Waals surface area contributed by atoms with Gasteiger partial charge >= 0.3 is 0 Å². The van der Waals surface area contributed by atoms with Gasteiger partial charge in [-0.2, -0.15) is 0 Å². The molecule has 1 atom stereocenters. The SMILES string of the molecule is Cc1cc2cc(C(c3nnnn3C3CCCCC3)N3CCN(Cc4ccc5c(c4)OCO5)CC3)c(=O)[nH]c2cc1C. The number of tetrazole rings is 1. The second-order valence-electron chi connectivity index (χ2n) is 11.8. The third kappa shape index (κ3) is 5.10. The largest absolute Gasteiger partial charge is 0.454 e. The second kappa shape index (κ2) is 10.9. The number of nitrogens with zero attached hydrogens (tertiary/aromatic N) is 6. The van der Waals surface area contributed by atoms with Crippen LogP contribution in [0.2, 0.25) is 0 Å². The van der Waals surface area contributed by atoms with Gasteiger partial charge in [-0.15, -0.1) is 5.10 Å². The fourth-order valence-corrected chi connectivity index (χ4v) is 6.64. The normalized spacial score (nSPS) is 19.2. The molecular formula is C31H37N7O3. The molecule has 1 saturated carbocycles. The van der Waals surface area contributed by atoms with Gasteiger partial charge in [-0.25, -0.2) is 4.68 Å². The maximum atomic E-state index is 13.7. The number of piperazine rings is 1. The van der Waals surface area contributed by atoms with Gasteiger partial charge in [-0.1, -0.05) is 25.3 Å². The Labute approximate surface area is 239 Å². The molecule has 2 aromatic heterocycles. The zero-order valence-electron chi connectivity index (χ0n) is 23.8. The topological polar surface area (TPSA) is 101 Å². The number of hydrogen-bond acceptors (Lipinski definition) is 8. The van der Waals surface area contributed by atoms with E-state index in [4.69, 9.17) is 9.47 Å². The molecular weight excluding hydrogens is 518 g/mol. The first-order chi connectivity index (χ1) is 20.0. The van der Waals surface area contributed by atoms with E-state index in [0.29, 0.717) is 5.56 Å². The molecule has 1 aliphatic carbocycles. The first-order valence-electron chi connectivity index (χ1n) is 14.8. The number of hydrogen-bond donors (Lipinski definition) is 1. The van der Waals surface area contributed by atoms with Crippen molar-refractivity contribution in [3.8, 4) is 11.5 Å². The minimum Gasteiger partial charge on any atom is -0.454 e. The number of nitrogens with one attached hydrogen (secondary N) is 1. The minimum absolute atomic E-state index is 0.0771. The van der Waals surface area contributed by atoms with E-state index in [2.05, 4.69) is 74.5 Å². The number of ether oxygens (including phenoxy) is 2. The van der Waals surface area contributed by atoms with Gasteiger partial charge in [0, 0.05) is 43.8 Å². The molecule has 1 N–H and O–H groups in total. The number of aryl methyl sites for hydroxylation is 2. The maximum Gasteiger partial charge on any atom is 0.253 e. The molecule has 0 amide bonds. The van der Waals surface area contributed by atoms with Crippen LogP contribution in [0.5, 0.6) is 11.5 Å². The van der Waals surface area contributed by atoms with Crippen LogP contribution in [0, 0.1) is 13.8 Å². The minimum atomic E-state index is -0.325. The van der Waals surface area contributed by atoms with Crippen LogP contribution in [-0.4, -0.2) is 68.0 Å². The third-order valence-corrected chi connectivity index (χ3v) is 9.08. The summed E-state index contributed by atoms with van der Waals surface area (Å²) in [7, 11) is 0. The van der Waals surface area contributed by atoms with Crippen LogP contribution in [0.3, 0.4) is 0 Å². The molecule has 3 aliphatic rings. The van der Waals surface area contributed by atoms with Crippen molar-refractivity contribution in [2.75, 3.05) is 33.0 Å². The van der Waals surface area contributed by atoms with Crippen LogP contribution in [0.4, 0.5) is 0 Å². The Balaban J connectivity index is 1.20. The summed E-state index contributed by atoms with van der Waals surface area (Å²) in [5.74, 6) is 2.40. The van der Waals surface area contributed by atoms with Crippen molar-refractivity contribution in [1.82, 2.24) is 35.0 Å². The fourth-order valence-electron chi connectivity index (χ4n) is 6.64. The molecule has 0 spiro atoms. The van der Waals surface area contributed by atoms with Gasteiger partial charge in [-0.05, 0) is 89.5 Å². The van der Waals surface area contributed by atoms with Gasteiger partial charge in [0.1, 0.15) is 6.04 Å². The molecule has 10 heteroatoms. The van der Waals surface area contributed by atoms with Crippen molar-refractivity contribution in [2.45, 2.75) is 64.6 Å². The van der Waals surface area contributed by atoms with Crippen molar-refractivity contribution in [2.24, 2.45) is 0 Å². The third-order valence-electron chi connectivity index (χ3n) is 9.08. The van der Waals surface area contributed by atoms with E-state index in [1.54, 1.807) is 0 Å². The molecule has 2 aliphatic heterocycles. The van der Waals surface area contributed by atoms with Gasteiger partial charge in [-0.3, -0.25) is 14.6 Å². The van der Waals surface area contributed by atoms with Crippen LogP contribution in [-0.2, 0) is 6.54 Å². The molecule has 4 aromatic rings. The summed E-state index contributed by atoms with van der Waals surface area (Å²) in [4.78, 5) is 21.7. The molecule has 1 unspecified atom stereocenters. The van der Waals surface area contributed by atoms with Gasteiger partial charge < -0.3 is 14.5 Å². The zero-order chi connectivity index (χ0) is 27.9. The van der Waals surface area contributed by atoms with Gasteiger partial charge in [0.15, 0.2) is 17.3 Å². The van der Waals surface area contributed by atoms with Gasteiger partial charge in [0.05, 0.1) is 6.04 Å². The highest BCUT2D eigenvalue weighted by Gasteiger charge is 2.34. The van der Waals surface area contributed by atoms with E-state index >= 15 is 0 Å². The van der Waals surface area contributed by atoms with E-state index < -0.39 is 0 Å². The van der Waals surface area contributed by atoms with Crippen molar-refractivity contribution < 1.29 is 9.47 Å². The Morgan fingerprint density at radius 1 is 0.951 bits per heavy atom. The Bertz CT molecular complexity index is 1620. The van der Waals surface area contributed by atoms with Crippen molar-refractivity contribution in [3.05, 3.63) is 74.8 Å². The van der Waals surface area contributed by atoms with E-state index in [0.717, 1.165) is 79.4 Å². The van der Waals surface area contributed by atoms with Crippen LogP contribution in [0.15, 0.2) is 41.2 Å². The monoisotopic (exact) mass is 555 g/mol. The molecule has 2 aromatic carbocycles. The van der Waals surface area contributed by atoms with E-state index in [9.17, 15) is 4.79 Å². The lowest BCUT2D eigenvalue weighted by Crippen LogP contribution is -2.48. The van der Waals surface area contributed by atoms with Crippen LogP contribution >= 0.6 is 0 Å². The van der Waals surface area contributed by atoms with E-state index in [1.165, 1.54) is 30.4 Å².